The molecule has 2 aliphatic rings. The minimum atomic E-state index is -0.0833. The SMILES string of the molecule is COc1ccc2c(c1)C(=Cc1[nH]c3c(c1Cc1nccc4ccccc14)CCCC3)C(=O)N2. The average Bonchev–Trinajstić information content (AvgIpc) is 3.36. The highest BCUT2D eigenvalue weighted by Crippen LogP contribution is 2.38. The lowest BCUT2D eigenvalue weighted by atomic mass is 9.91. The molecule has 0 saturated carbocycles. The number of nitrogens with zero attached hydrogens (tertiary/aromatic N) is 1. The lowest BCUT2D eigenvalue weighted by molar-refractivity contribution is -0.110. The van der Waals surface area contributed by atoms with Gasteiger partial charge in [0.05, 0.1) is 18.4 Å². The first-order chi connectivity index (χ1) is 16.2. The summed E-state index contributed by atoms with van der Waals surface area (Å²) in [6, 6.07) is 16.1. The molecule has 0 atom stereocenters. The third-order valence-corrected chi connectivity index (χ3v) is 6.84. The summed E-state index contributed by atoms with van der Waals surface area (Å²) in [5.41, 5.74) is 8.39. The van der Waals surface area contributed by atoms with Gasteiger partial charge in [0.2, 0.25) is 0 Å². The zero-order chi connectivity index (χ0) is 22.4. The van der Waals surface area contributed by atoms with Crippen molar-refractivity contribution < 1.29 is 9.53 Å². The number of anilines is 1. The van der Waals surface area contributed by atoms with Gasteiger partial charge in [-0.3, -0.25) is 9.78 Å². The molecule has 0 bridgehead atoms. The van der Waals surface area contributed by atoms with Gasteiger partial charge in [0.15, 0.2) is 0 Å². The van der Waals surface area contributed by atoms with Crippen molar-refractivity contribution in [2.24, 2.45) is 0 Å². The number of nitrogens with one attached hydrogen (secondary N) is 2. The summed E-state index contributed by atoms with van der Waals surface area (Å²) < 4.78 is 5.40. The topological polar surface area (TPSA) is 67.0 Å². The van der Waals surface area contributed by atoms with E-state index < -0.39 is 0 Å². The first-order valence-electron chi connectivity index (χ1n) is 11.5. The molecule has 0 unspecified atom stereocenters. The lowest BCUT2D eigenvalue weighted by Crippen LogP contribution is -2.04. The van der Waals surface area contributed by atoms with E-state index in [1.54, 1.807) is 7.11 Å². The van der Waals surface area contributed by atoms with Crippen LogP contribution in [0.25, 0.3) is 22.4 Å². The number of amides is 1. The van der Waals surface area contributed by atoms with Crippen molar-refractivity contribution in [1.82, 2.24) is 9.97 Å². The lowest BCUT2D eigenvalue weighted by Gasteiger charge is -2.13. The summed E-state index contributed by atoms with van der Waals surface area (Å²) in [6.45, 7) is 0. The fourth-order valence-electron chi connectivity index (χ4n) is 5.17. The van der Waals surface area contributed by atoms with E-state index in [2.05, 4.69) is 40.6 Å². The minimum absolute atomic E-state index is 0.0833. The van der Waals surface area contributed by atoms with Crippen LogP contribution in [0.3, 0.4) is 0 Å². The van der Waals surface area contributed by atoms with Gasteiger partial charge in [-0.1, -0.05) is 24.3 Å². The van der Waals surface area contributed by atoms with Crippen molar-refractivity contribution >= 4 is 34.0 Å². The monoisotopic (exact) mass is 435 g/mol. The molecule has 0 fully saturated rings. The molecule has 1 aliphatic heterocycles. The highest BCUT2D eigenvalue weighted by Gasteiger charge is 2.27. The number of H-pyrrole nitrogens is 1. The Kier molecular flexibility index (Phi) is 4.75. The second kappa shape index (κ2) is 7.93. The second-order valence-electron chi connectivity index (χ2n) is 8.76. The number of benzene rings is 2. The minimum Gasteiger partial charge on any atom is -0.497 e. The predicted octanol–water partition coefficient (Wildman–Crippen LogP) is 5.53. The standard InChI is InChI=1S/C28H25N3O2/c1-33-18-10-11-25-21(14-18)23(28(32)31-25)16-27-22(20-8-4-5-9-24(20)30-27)15-26-19-7-3-2-6-17(19)12-13-29-26/h2-3,6-7,10-14,16,30H,4-5,8-9,15H2,1H3,(H,31,32). The van der Waals surface area contributed by atoms with Gasteiger partial charge in [0.25, 0.3) is 5.91 Å². The summed E-state index contributed by atoms with van der Waals surface area (Å²) in [7, 11) is 1.64. The largest absolute Gasteiger partial charge is 0.497 e. The number of aromatic amines is 1. The summed E-state index contributed by atoms with van der Waals surface area (Å²) in [5, 5.41) is 5.36. The van der Waals surface area contributed by atoms with Gasteiger partial charge in [0.1, 0.15) is 5.75 Å². The third-order valence-electron chi connectivity index (χ3n) is 6.84. The van der Waals surface area contributed by atoms with E-state index in [-0.39, 0.29) is 5.91 Å². The molecule has 0 saturated heterocycles. The molecular weight excluding hydrogens is 410 g/mol. The Morgan fingerprint density at radius 3 is 2.88 bits per heavy atom. The average molecular weight is 436 g/mol. The summed E-state index contributed by atoms with van der Waals surface area (Å²) >= 11 is 0. The fraction of sp³-hybridized carbons (Fsp3) is 0.214. The van der Waals surface area contributed by atoms with Crippen LogP contribution in [-0.2, 0) is 24.1 Å². The molecule has 33 heavy (non-hydrogen) atoms. The highest BCUT2D eigenvalue weighted by atomic mass is 16.5. The van der Waals surface area contributed by atoms with Crippen molar-refractivity contribution in [3.8, 4) is 5.75 Å². The first kappa shape index (κ1) is 19.8. The van der Waals surface area contributed by atoms with Crippen LogP contribution >= 0.6 is 0 Å². The van der Waals surface area contributed by atoms with Gasteiger partial charge in [-0.05, 0) is 72.5 Å². The van der Waals surface area contributed by atoms with Crippen LogP contribution in [0.15, 0.2) is 54.7 Å². The van der Waals surface area contributed by atoms with E-state index in [4.69, 9.17) is 9.72 Å². The number of rotatable bonds is 4. The molecule has 164 valence electrons. The zero-order valence-corrected chi connectivity index (χ0v) is 18.6. The number of ether oxygens (including phenoxy) is 1. The molecule has 2 aromatic heterocycles. The van der Waals surface area contributed by atoms with E-state index in [9.17, 15) is 4.79 Å². The molecule has 2 N–H and O–H groups in total. The number of carbonyl (C=O) groups excluding carboxylic acids is 1. The number of methoxy groups -OCH3 is 1. The Bertz CT molecular complexity index is 1430. The maximum Gasteiger partial charge on any atom is 0.256 e. The molecule has 0 spiro atoms. The van der Waals surface area contributed by atoms with Gasteiger partial charge in [0, 0.05) is 40.6 Å². The van der Waals surface area contributed by atoms with Crippen LogP contribution in [0.4, 0.5) is 5.69 Å². The number of aromatic nitrogens is 2. The molecule has 1 amide bonds. The number of hydrogen-bond acceptors (Lipinski definition) is 3. The number of carbonyl (C=O) groups is 1. The van der Waals surface area contributed by atoms with Crippen LogP contribution < -0.4 is 10.1 Å². The first-order valence-corrected chi connectivity index (χ1v) is 11.5. The molecule has 2 aromatic carbocycles. The number of fused-ring (bicyclic) bond motifs is 3. The van der Waals surface area contributed by atoms with Crippen molar-refractivity contribution in [3.63, 3.8) is 0 Å². The van der Waals surface area contributed by atoms with Crippen molar-refractivity contribution in [1.29, 1.82) is 0 Å². The Balaban J connectivity index is 1.49. The number of aryl methyl sites for hydroxylation is 1. The Morgan fingerprint density at radius 1 is 1.09 bits per heavy atom. The van der Waals surface area contributed by atoms with Gasteiger partial charge in [-0.15, -0.1) is 0 Å². The van der Waals surface area contributed by atoms with E-state index >= 15 is 0 Å². The maximum atomic E-state index is 12.9. The molecule has 1 aliphatic carbocycles. The molecule has 0 radical (unpaired) electrons. The second-order valence-corrected chi connectivity index (χ2v) is 8.76. The summed E-state index contributed by atoms with van der Waals surface area (Å²) in [5.74, 6) is 0.655. The Hall–Kier alpha value is -3.86. The van der Waals surface area contributed by atoms with Crippen LogP contribution in [0.2, 0.25) is 0 Å². The van der Waals surface area contributed by atoms with Gasteiger partial charge in [-0.2, -0.15) is 0 Å². The van der Waals surface area contributed by atoms with E-state index in [1.807, 2.05) is 30.5 Å². The van der Waals surface area contributed by atoms with Crippen LogP contribution in [0.5, 0.6) is 5.75 Å². The van der Waals surface area contributed by atoms with Gasteiger partial charge >= 0.3 is 0 Å². The molecule has 5 nitrogen and oxygen atoms in total. The van der Waals surface area contributed by atoms with Crippen molar-refractivity contribution in [2.75, 3.05) is 12.4 Å². The van der Waals surface area contributed by atoms with Gasteiger partial charge < -0.3 is 15.0 Å². The maximum absolute atomic E-state index is 12.9. The van der Waals surface area contributed by atoms with Crippen molar-refractivity contribution in [2.45, 2.75) is 32.1 Å². The molecule has 6 rings (SSSR count). The van der Waals surface area contributed by atoms with E-state index in [0.717, 1.165) is 47.7 Å². The number of hydrogen-bond donors (Lipinski definition) is 2. The molecular formula is C28H25N3O2. The van der Waals surface area contributed by atoms with Crippen molar-refractivity contribution in [3.05, 3.63) is 88.5 Å². The predicted molar refractivity (Wildman–Crippen MR) is 131 cm³/mol. The number of pyridine rings is 1. The Morgan fingerprint density at radius 2 is 1.97 bits per heavy atom. The van der Waals surface area contributed by atoms with Crippen LogP contribution in [0, 0.1) is 0 Å². The highest BCUT2D eigenvalue weighted by molar-refractivity contribution is 6.35. The zero-order valence-electron chi connectivity index (χ0n) is 18.6. The normalized spacial score (nSPS) is 16.0. The quantitative estimate of drug-likeness (QED) is 0.414. The smallest absolute Gasteiger partial charge is 0.256 e. The van der Waals surface area contributed by atoms with Crippen LogP contribution in [0.1, 0.15) is 46.6 Å². The van der Waals surface area contributed by atoms with E-state index in [1.165, 1.54) is 40.4 Å². The molecule has 5 heteroatoms. The van der Waals surface area contributed by atoms with E-state index in [0.29, 0.717) is 5.57 Å². The van der Waals surface area contributed by atoms with Crippen LogP contribution in [-0.4, -0.2) is 23.0 Å². The third kappa shape index (κ3) is 3.41. The molecule has 4 aromatic rings. The fourth-order valence-corrected chi connectivity index (χ4v) is 5.17. The van der Waals surface area contributed by atoms with Gasteiger partial charge in [-0.25, -0.2) is 0 Å². The summed E-state index contributed by atoms with van der Waals surface area (Å²) in [4.78, 5) is 21.3. The molecule has 3 heterocycles. The Labute approximate surface area is 192 Å². The summed E-state index contributed by atoms with van der Waals surface area (Å²) in [6.07, 6.45) is 9.13.